The number of nitrogens with two attached hydrogens (primary N) is 1. The van der Waals surface area contributed by atoms with Crippen molar-refractivity contribution < 1.29 is 0 Å². The van der Waals surface area contributed by atoms with Crippen molar-refractivity contribution in [3.8, 4) is 0 Å². The molecule has 0 aliphatic rings. The Morgan fingerprint density at radius 1 is 1.12 bits per heavy atom. The molecule has 4 heteroatoms. The molecule has 0 atom stereocenters. The number of hydrogen-bond donors (Lipinski definition) is 1. The lowest BCUT2D eigenvalue weighted by atomic mass is 10.2. The van der Waals surface area contributed by atoms with Crippen LogP contribution in [0.4, 0.5) is 0 Å². The molecule has 0 heterocycles. The van der Waals surface area contributed by atoms with E-state index >= 15 is 0 Å². The highest BCUT2D eigenvalue weighted by atomic mass is 79.9. The minimum atomic E-state index is 0.520. The third-order valence-corrected chi connectivity index (χ3v) is 4.43. The van der Waals surface area contributed by atoms with Crippen LogP contribution in [0.25, 0.3) is 0 Å². The molecule has 2 aromatic carbocycles. The highest BCUT2D eigenvalue weighted by Crippen LogP contribution is 2.35. The van der Waals surface area contributed by atoms with E-state index in [2.05, 4.69) is 22.0 Å². The second-order valence-electron chi connectivity index (χ2n) is 3.49. The Hall–Kier alpha value is -0.480. The van der Waals surface area contributed by atoms with Gasteiger partial charge in [0.05, 0.1) is 5.02 Å². The van der Waals surface area contributed by atoms with Gasteiger partial charge >= 0.3 is 0 Å². The molecule has 88 valence electrons. The van der Waals surface area contributed by atoms with E-state index in [0.717, 1.165) is 24.8 Å². The van der Waals surface area contributed by atoms with E-state index in [1.54, 1.807) is 11.8 Å². The maximum atomic E-state index is 6.14. The van der Waals surface area contributed by atoms with Crippen molar-refractivity contribution in [1.82, 2.24) is 0 Å². The fourth-order valence-electron chi connectivity index (χ4n) is 1.45. The fourth-order valence-corrected chi connectivity index (χ4v) is 3.07. The van der Waals surface area contributed by atoms with Gasteiger partial charge < -0.3 is 5.73 Å². The van der Waals surface area contributed by atoms with E-state index in [0.29, 0.717) is 6.54 Å². The summed E-state index contributed by atoms with van der Waals surface area (Å²) < 4.78 is 1.04. The predicted octanol–water partition coefficient (Wildman–Crippen LogP) is 4.71. The molecular weight excluding hydrogens is 318 g/mol. The van der Waals surface area contributed by atoms with E-state index < -0.39 is 0 Å². The Morgan fingerprint density at radius 2 is 1.88 bits per heavy atom. The maximum Gasteiger partial charge on any atom is 0.0545 e. The molecule has 2 aromatic rings. The molecule has 0 fully saturated rings. The van der Waals surface area contributed by atoms with E-state index in [1.165, 1.54) is 0 Å². The molecule has 0 unspecified atom stereocenters. The first-order valence-corrected chi connectivity index (χ1v) is 7.10. The van der Waals surface area contributed by atoms with Crippen LogP contribution in [0.5, 0.6) is 0 Å². The van der Waals surface area contributed by atoms with Crippen LogP contribution in [0, 0.1) is 0 Å². The van der Waals surface area contributed by atoms with Crippen molar-refractivity contribution in [2.75, 3.05) is 0 Å². The summed E-state index contributed by atoms with van der Waals surface area (Å²) in [6.07, 6.45) is 0. The predicted molar refractivity (Wildman–Crippen MR) is 77.6 cm³/mol. The lowest BCUT2D eigenvalue weighted by Crippen LogP contribution is -1.98. The van der Waals surface area contributed by atoms with Crippen LogP contribution < -0.4 is 5.73 Å². The fraction of sp³-hybridized carbons (Fsp3) is 0.0769. The quantitative estimate of drug-likeness (QED) is 0.883. The first-order chi connectivity index (χ1) is 8.20. The van der Waals surface area contributed by atoms with Gasteiger partial charge in [0.2, 0.25) is 0 Å². The number of benzene rings is 2. The molecule has 0 bridgehead atoms. The van der Waals surface area contributed by atoms with E-state index in [4.69, 9.17) is 17.3 Å². The molecule has 0 saturated heterocycles. The summed E-state index contributed by atoms with van der Waals surface area (Å²) in [4.78, 5) is 2.19. The Labute approximate surface area is 118 Å². The molecule has 0 aliphatic carbocycles. The van der Waals surface area contributed by atoms with Crippen molar-refractivity contribution in [3.63, 3.8) is 0 Å². The lowest BCUT2D eigenvalue weighted by molar-refractivity contribution is 1.02. The first-order valence-electron chi connectivity index (χ1n) is 5.11. The van der Waals surface area contributed by atoms with Crippen LogP contribution in [0.3, 0.4) is 0 Å². The van der Waals surface area contributed by atoms with Gasteiger partial charge in [-0.05, 0) is 35.9 Å². The van der Waals surface area contributed by atoms with Gasteiger partial charge in [-0.3, -0.25) is 0 Å². The molecule has 0 saturated carbocycles. The van der Waals surface area contributed by atoms with E-state index in [1.807, 2.05) is 36.4 Å². The Morgan fingerprint density at radius 3 is 2.59 bits per heavy atom. The number of rotatable bonds is 3. The van der Waals surface area contributed by atoms with Crippen LogP contribution >= 0.6 is 39.3 Å². The minimum absolute atomic E-state index is 0.520. The standard InChI is InChI=1S/C13H11BrClNS/c14-10-5-6-12(9(7-10)8-16)17-13-4-2-1-3-11(13)15/h1-7H,8,16H2. The highest BCUT2D eigenvalue weighted by Gasteiger charge is 2.06. The van der Waals surface area contributed by atoms with Gasteiger partial charge in [-0.2, -0.15) is 0 Å². The average Bonchev–Trinajstić information content (AvgIpc) is 2.34. The van der Waals surface area contributed by atoms with Crippen LogP contribution in [-0.2, 0) is 6.54 Å². The molecule has 0 amide bonds. The maximum absolute atomic E-state index is 6.14. The van der Waals surface area contributed by atoms with Gasteiger partial charge in [0.15, 0.2) is 0 Å². The molecule has 0 aliphatic heterocycles. The smallest absolute Gasteiger partial charge is 0.0545 e. The van der Waals surface area contributed by atoms with Gasteiger partial charge in [0.1, 0.15) is 0 Å². The summed E-state index contributed by atoms with van der Waals surface area (Å²) in [5, 5.41) is 0.767. The Bertz CT molecular complexity index is 531. The average molecular weight is 329 g/mol. The zero-order valence-electron chi connectivity index (χ0n) is 8.99. The molecular formula is C13H11BrClNS. The highest BCUT2D eigenvalue weighted by molar-refractivity contribution is 9.10. The summed E-state index contributed by atoms with van der Waals surface area (Å²) >= 11 is 11.2. The SMILES string of the molecule is NCc1cc(Br)ccc1Sc1ccccc1Cl. The normalized spacial score (nSPS) is 10.5. The van der Waals surface area contributed by atoms with E-state index in [9.17, 15) is 0 Å². The summed E-state index contributed by atoms with van der Waals surface area (Å²) in [5.74, 6) is 0. The van der Waals surface area contributed by atoms with Gasteiger partial charge in [0, 0.05) is 20.8 Å². The van der Waals surface area contributed by atoms with Gasteiger partial charge in [-0.25, -0.2) is 0 Å². The third-order valence-electron chi connectivity index (χ3n) is 2.30. The number of halogens is 2. The molecule has 17 heavy (non-hydrogen) atoms. The Kier molecular flexibility index (Phi) is 4.51. The lowest BCUT2D eigenvalue weighted by Gasteiger charge is -2.09. The second kappa shape index (κ2) is 5.91. The monoisotopic (exact) mass is 327 g/mol. The molecule has 1 nitrogen and oxygen atoms in total. The zero-order chi connectivity index (χ0) is 12.3. The summed E-state index contributed by atoms with van der Waals surface area (Å²) in [6, 6.07) is 13.9. The van der Waals surface area contributed by atoms with Crippen molar-refractivity contribution in [2.24, 2.45) is 5.73 Å². The first kappa shape index (κ1) is 13.0. The largest absolute Gasteiger partial charge is 0.326 e. The molecule has 2 rings (SSSR count). The van der Waals surface area contributed by atoms with Crippen molar-refractivity contribution in [1.29, 1.82) is 0 Å². The van der Waals surface area contributed by atoms with Crippen molar-refractivity contribution >= 4 is 39.3 Å². The van der Waals surface area contributed by atoms with Crippen molar-refractivity contribution in [2.45, 2.75) is 16.3 Å². The summed E-state index contributed by atoms with van der Waals surface area (Å²) in [6.45, 7) is 0.520. The van der Waals surface area contributed by atoms with Crippen LogP contribution in [-0.4, -0.2) is 0 Å². The summed E-state index contributed by atoms with van der Waals surface area (Å²) in [5.41, 5.74) is 6.86. The van der Waals surface area contributed by atoms with Gasteiger partial charge in [0.25, 0.3) is 0 Å². The van der Waals surface area contributed by atoms with Crippen LogP contribution in [0.15, 0.2) is 56.7 Å². The third kappa shape index (κ3) is 3.26. The topological polar surface area (TPSA) is 26.0 Å². The van der Waals surface area contributed by atoms with Gasteiger partial charge in [-0.15, -0.1) is 0 Å². The van der Waals surface area contributed by atoms with Crippen molar-refractivity contribution in [3.05, 3.63) is 57.5 Å². The molecule has 0 spiro atoms. The molecule has 0 radical (unpaired) electrons. The van der Waals surface area contributed by atoms with Crippen LogP contribution in [0.1, 0.15) is 5.56 Å². The van der Waals surface area contributed by atoms with Crippen LogP contribution in [0.2, 0.25) is 5.02 Å². The summed E-state index contributed by atoms with van der Waals surface area (Å²) in [7, 11) is 0. The Balaban J connectivity index is 2.33. The molecule has 0 aromatic heterocycles. The van der Waals surface area contributed by atoms with E-state index in [-0.39, 0.29) is 0 Å². The second-order valence-corrected chi connectivity index (χ2v) is 5.90. The minimum Gasteiger partial charge on any atom is -0.326 e. The number of hydrogen-bond acceptors (Lipinski definition) is 2. The zero-order valence-corrected chi connectivity index (χ0v) is 12.1. The van der Waals surface area contributed by atoms with Gasteiger partial charge in [-0.1, -0.05) is 51.4 Å². The molecule has 2 N–H and O–H groups in total.